The van der Waals surface area contributed by atoms with Gasteiger partial charge in [0.15, 0.2) is 5.75 Å². The first-order chi connectivity index (χ1) is 9.65. The second kappa shape index (κ2) is 5.58. The summed E-state index contributed by atoms with van der Waals surface area (Å²) in [6.45, 7) is 1.56. The Morgan fingerprint density at radius 2 is 2.25 bits per heavy atom. The van der Waals surface area contributed by atoms with E-state index in [9.17, 15) is 0 Å². The van der Waals surface area contributed by atoms with Crippen LogP contribution in [0.1, 0.15) is 12.8 Å². The Morgan fingerprint density at radius 3 is 3.00 bits per heavy atom. The summed E-state index contributed by atoms with van der Waals surface area (Å²) in [5, 5.41) is 0.952. The van der Waals surface area contributed by atoms with E-state index in [-0.39, 0.29) is 0 Å². The second-order valence-corrected chi connectivity index (χ2v) is 6.18. The largest absolute Gasteiger partial charge is 0.489 e. The molecule has 2 N–H and O–H groups in total. The molecule has 0 unspecified atom stereocenters. The van der Waals surface area contributed by atoms with Crippen molar-refractivity contribution in [1.29, 1.82) is 0 Å². The maximum Gasteiger partial charge on any atom is 0.153 e. The maximum absolute atomic E-state index is 6.01. The van der Waals surface area contributed by atoms with Crippen LogP contribution in [0.4, 0.5) is 5.69 Å². The van der Waals surface area contributed by atoms with Gasteiger partial charge < -0.3 is 15.4 Å². The van der Waals surface area contributed by atoms with Gasteiger partial charge in [0, 0.05) is 22.4 Å². The standard InChI is InChI=1S/C15H18BrN3O/c1-19(11-3-4-11)6-7-20-15-12-8-10(16)2-5-14(12)18-9-13(15)17/h2,5,8-9,11H,3-4,6-7,17H2,1H3. The molecule has 1 heterocycles. The first-order valence-electron chi connectivity index (χ1n) is 6.82. The number of aromatic nitrogens is 1. The third kappa shape index (κ3) is 2.88. The highest BCUT2D eigenvalue weighted by atomic mass is 79.9. The van der Waals surface area contributed by atoms with Gasteiger partial charge in [-0.15, -0.1) is 0 Å². The molecule has 0 spiro atoms. The Labute approximate surface area is 127 Å². The van der Waals surface area contributed by atoms with Crippen molar-refractivity contribution in [2.24, 2.45) is 0 Å². The molecular weight excluding hydrogens is 318 g/mol. The van der Waals surface area contributed by atoms with Crippen LogP contribution in [0, 0.1) is 0 Å². The fraction of sp³-hybridized carbons (Fsp3) is 0.400. The number of hydrogen-bond acceptors (Lipinski definition) is 4. The molecule has 0 radical (unpaired) electrons. The number of benzene rings is 1. The summed E-state index contributed by atoms with van der Waals surface area (Å²) in [6.07, 6.45) is 4.28. The number of fused-ring (bicyclic) bond motifs is 1. The number of hydrogen-bond donors (Lipinski definition) is 1. The van der Waals surface area contributed by atoms with E-state index in [1.165, 1.54) is 12.8 Å². The molecule has 1 aliphatic carbocycles. The molecule has 3 rings (SSSR count). The molecule has 106 valence electrons. The van der Waals surface area contributed by atoms with E-state index >= 15 is 0 Å². The van der Waals surface area contributed by atoms with Gasteiger partial charge >= 0.3 is 0 Å². The number of rotatable bonds is 5. The fourth-order valence-corrected chi connectivity index (χ4v) is 2.67. The lowest BCUT2D eigenvalue weighted by Crippen LogP contribution is -2.26. The van der Waals surface area contributed by atoms with Crippen molar-refractivity contribution in [3.63, 3.8) is 0 Å². The number of halogens is 1. The van der Waals surface area contributed by atoms with Crippen LogP contribution in [-0.2, 0) is 0 Å². The molecule has 1 aromatic heterocycles. The normalized spacial score (nSPS) is 14.9. The number of ether oxygens (including phenoxy) is 1. The topological polar surface area (TPSA) is 51.4 Å². The number of nitrogens with two attached hydrogens (primary N) is 1. The van der Waals surface area contributed by atoms with E-state index < -0.39 is 0 Å². The number of pyridine rings is 1. The molecule has 5 heteroatoms. The molecule has 0 atom stereocenters. The molecule has 1 aliphatic rings. The molecule has 2 aromatic rings. The predicted octanol–water partition coefficient (Wildman–Crippen LogP) is 3.05. The van der Waals surface area contributed by atoms with Gasteiger partial charge in [-0.05, 0) is 38.1 Å². The molecular formula is C15H18BrN3O. The Kier molecular flexibility index (Phi) is 3.81. The number of likely N-dealkylation sites (N-methyl/N-ethyl adjacent to an activating group) is 1. The molecule has 1 fully saturated rings. The molecule has 0 saturated heterocycles. The summed E-state index contributed by atoms with van der Waals surface area (Å²) < 4.78 is 6.92. The van der Waals surface area contributed by atoms with Crippen molar-refractivity contribution in [2.45, 2.75) is 18.9 Å². The lowest BCUT2D eigenvalue weighted by Gasteiger charge is -2.17. The van der Waals surface area contributed by atoms with E-state index in [1.807, 2.05) is 18.2 Å². The monoisotopic (exact) mass is 335 g/mol. The van der Waals surface area contributed by atoms with Crippen molar-refractivity contribution in [2.75, 3.05) is 25.9 Å². The zero-order valence-electron chi connectivity index (χ0n) is 11.5. The smallest absolute Gasteiger partial charge is 0.153 e. The van der Waals surface area contributed by atoms with Crippen LogP contribution in [-0.4, -0.2) is 36.1 Å². The van der Waals surface area contributed by atoms with Crippen LogP contribution < -0.4 is 10.5 Å². The molecule has 4 nitrogen and oxygen atoms in total. The van der Waals surface area contributed by atoms with Gasteiger partial charge in [0.25, 0.3) is 0 Å². The van der Waals surface area contributed by atoms with E-state index in [2.05, 4.69) is 32.9 Å². The van der Waals surface area contributed by atoms with Crippen molar-refractivity contribution in [3.8, 4) is 5.75 Å². The lowest BCUT2D eigenvalue weighted by molar-refractivity contribution is 0.234. The molecule has 1 saturated carbocycles. The number of nitrogens with zero attached hydrogens (tertiary/aromatic N) is 2. The zero-order chi connectivity index (χ0) is 14.1. The Hall–Kier alpha value is -1.33. The van der Waals surface area contributed by atoms with E-state index in [1.54, 1.807) is 6.20 Å². The summed E-state index contributed by atoms with van der Waals surface area (Å²) in [6, 6.07) is 6.68. The van der Waals surface area contributed by atoms with E-state index in [0.717, 1.165) is 33.7 Å². The molecule has 0 amide bonds. The summed E-state index contributed by atoms with van der Waals surface area (Å²) in [5.74, 6) is 0.737. The highest BCUT2D eigenvalue weighted by molar-refractivity contribution is 9.10. The fourth-order valence-electron chi connectivity index (χ4n) is 2.31. The van der Waals surface area contributed by atoms with Gasteiger partial charge in [0.1, 0.15) is 6.61 Å². The minimum absolute atomic E-state index is 0.588. The van der Waals surface area contributed by atoms with E-state index in [4.69, 9.17) is 10.5 Å². The first-order valence-corrected chi connectivity index (χ1v) is 7.61. The van der Waals surface area contributed by atoms with Crippen molar-refractivity contribution in [1.82, 2.24) is 9.88 Å². The van der Waals surface area contributed by atoms with E-state index in [0.29, 0.717) is 12.3 Å². The quantitative estimate of drug-likeness (QED) is 0.912. The summed E-state index contributed by atoms with van der Waals surface area (Å²) in [7, 11) is 2.14. The summed E-state index contributed by atoms with van der Waals surface area (Å²) >= 11 is 3.48. The average Bonchev–Trinajstić information content (AvgIpc) is 3.25. The zero-order valence-corrected chi connectivity index (χ0v) is 13.1. The third-order valence-corrected chi connectivity index (χ3v) is 4.16. The van der Waals surface area contributed by atoms with Crippen LogP contribution in [0.2, 0.25) is 0 Å². The maximum atomic E-state index is 6.01. The van der Waals surface area contributed by atoms with Crippen molar-refractivity contribution >= 4 is 32.5 Å². The van der Waals surface area contributed by atoms with Crippen LogP contribution in [0.25, 0.3) is 10.9 Å². The summed E-state index contributed by atoms with van der Waals surface area (Å²) in [4.78, 5) is 6.67. The lowest BCUT2D eigenvalue weighted by atomic mass is 10.2. The Bertz CT molecular complexity index is 623. The SMILES string of the molecule is CN(CCOc1c(N)cnc2ccc(Br)cc12)C1CC1. The van der Waals surface area contributed by atoms with Crippen LogP contribution >= 0.6 is 15.9 Å². The van der Waals surface area contributed by atoms with Crippen molar-refractivity contribution < 1.29 is 4.74 Å². The van der Waals surface area contributed by atoms with Gasteiger partial charge in [-0.2, -0.15) is 0 Å². The predicted molar refractivity (Wildman–Crippen MR) is 85.0 cm³/mol. The highest BCUT2D eigenvalue weighted by Crippen LogP contribution is 2.32. The minimum Gasteiger partial charge on any atom is -0.489 e. The van der Waals surface area contributed by atoms with Gasteiger partial charge in [-0.25, -0.2) is 0 Å². The first kappa shape index (κ1) is 13.6. The van der Waals surface area contributed by atoms with Crippen molar-refractivity contribution in [3.05, 3.63) is 28.9 Å². The van der Waals surface area contributed by atoms with Gasteiger partial charge in [0.05, 0.1) is 17.4 Å². The number of nitrogen functional groups attached to an aromatic ring is 1. The Balaban J connectivity index is 1.78. The Morgan fingerprint density at radius 1 is 1.45 bits per heavy atom. The second-order valence-electron chi connectivity index (χ2n) is 5.26. The average molecular weight is 336 g/mol. The molecule has 20 heavy (non-hydrogen) atoms. The van der Waals surface area contributed by atoms with Gasteiger partial charge in [0.2, 0.25) is 0 Å². The molecule has 0 aliphatic heterocycles. The highest BCUT2D eigenvalue weighted by Gasteiger charge is 2.25. The molecule has 0 bridgehead atoms. The van der Waals surface area contributed by atoms with Crippen LogP contribution in [0.3, 0.4) is 0 Å². The third-order valence-electron chi connectivity index (χ3n) is 3.67. The van der Waals surface area contributed by atoms with Crippen LogP contribution in [0.15, 0.2) is 28.9 Å². The van der Waals surface area contributed by atoms with Gasteiger partial charge in [-0.1, -0.05) is 15.9 Å². The van der Waals surface area contributed by atoms with Crippen LogP contribution in [0.5, 0.6) is 5.75 Å². The summed E-state index contributed by atoms with van der Waals surface area (Å²) in [5.41, 5.74) is 7.49. The minimum atomic E-state index is 0.588. The van der Waals surface area contributed by atoms with Gasteiger partial charge in [-0.3, -0.25) is 4.98 Å². The number of anilines is 1. The molecule has 1 aromatic carbocycles.